The molecule has 0 aliphatic heterocycles. The van der Waals surface area contributed by atoms with Gasteiger partial charge in [0.25, 0.3) is 0 Å². The summed E-state index contributed by atoms with van der Waals surface area (Å²) in [5.41, 5.74) is 2.01. The number of aromatic nitrogens is 1. The average molecular weight is 238 g/mol. The predicted octanol–water partition coefficient (Wildman–Crippen LogP) is 1.74. The molecule has 1 N–H and O–H groups in total. The van der Waals surface area contributed by atoms with Gasteiger partial charge in [-0.15, -0.1) is 0 Å². The summed E-state index contributed by atoms with van der Waals surface area (Å²) in [7, 11) is 1.68. The molecular weight excluding hydrogens is 216 g/mol. The lowest BCUT2D eigenvalue weighted by Gasteiger charge is -2.12. The molecule has 1 atom stereocenters. The summed E-state index contributed by atoms with van der Waals surface area (Å²) < 4.78 is 10.6. The third-order valence-electron chi connectivity index (χ3n) is 2.34. The highest BCUT2D eigenvalue weighted by atomic mass is 16.5. The summed E-state index contributed by atoms with van der Waals surface area (Å²) in [5.74, 6) is 0. The molecule has 1 heterocycles. The minimum atomic E-state index is 0.0965. The van der Waals surface area contributed by atoms with Crippen LogP contribution in [0.3, 0.4) is 0 Å². The Balaban J connectivity index is 2.42. The van der Waals surface area contributed by atoms with Gasteiger partial charge in [-0.25, -0.2) is 0 Å². The van der Waals surface area contributed by atoms with Crippen molar-refractivity contribution in [3.63, 3.8) is 0 Å². The van der Waals surface area contributed by atoms with Gasteiger partial charge in [0.05, 0.1) is 30.7 Å². The summed E-state index contributed by atoms with van der Waals surface area (Å²) in [6.45, 7) is 6.97. The molecule has 0 bridgehead atoms. The first-order valence-electron chi connectivity index (χ1n) is 6.02. The normalized spacial score (nSPS) is 12.6. The lowest BCUT2D eigenvalue weighted by molar-refractivity contribution is -0.00142. The quantitative estimate of drug-likeness (QED) is 0.749. The number of methoxy groups -OCH3 is 1. The van der Waals surface area contributed by atoms with Gasteiger partial charge >= 0.3 is 0 Å². The maximum atomic E-state index is 5.62. The van der Waals surface area contributed by atoms with Gasteiger partial charge in [-0.3, -0.25) is 4.98 Å². The number of nitrogens with zero attached hydrogens (tertiary/aromatic N) is 1. The molecule has 0 radical (unpaired) electrons. The van der Waals surface area contributed by atoms with E-state index in [0.29, 0.717) is 13.2 Å². The van der Waals surface area contributed by atoms with Gasteiger partial charge < -0.3 is 14.8 Å². The van der Waals surface area contributed by atoms with Crippen LogP contribution in [0.5, 0.6) is 0 Å². The summed E-state index contributed by atoms with van der Waals surface area (Å²) in [6.07, 6.45) is 0.0965. The van der Waals surface area contributed by atoms with Gasteiger partial charge in [0.2, 0.25) is 0 Å². The van der Waals surface area contributed by atoms with E-state index in [9.17, 15) is 0 Å². The van der Waals surface area contributed by atoms with E-state index in [-0.39, 0.29) is 6.10 Å². The molecule has 17 heavy (non-hydrogen) atoms. The third-order valence-corrected chi connectivity index (χ3v) is 2.34. The van der Waals surface area contributed by atoms with Crippen LogP contribution in [0.15, 0.2) is 18.2 Å². The van der Waals surface area contributed by atoms with E-state index in [1.807, 2.05) is 25.1 Å². The summed E-state index contributed by atoms with van der Waals surface area (Å²) in [6, 6.07) is 6.01. The number of pyridine rings is 1. The lowest BCUT2D eigenvalue weighted by atomic mass is 10.3. The molecule has 0 spiro atoms. The van der Waals surface area contributed by atoms with Crippen molar-refractivity contribution in [3.05, 3.63) is 29.6 Å². The highest BCUT2D eigenvalue weighted by Crippen LogP contribution is 2.03. The van der Waals surface area contributed by atoms with Gasteiger partial charge in [-0.2, -0.15) is 0 Å². The molecule has 1 aromatic rings. The van der Waals surface area contributed by atoms with Crippen LogP contribution < -0.4 is 5.32 Å². The number of nitrogens with one attached hydrogen (secondary N) is 1. The Kier molecular flexibility index (Phi) is 6.77. The van der Waals surface area contributed by atoms with Crippen molar-refractivity contribution >= 4 is 0 Å². The fourth-order valence-corrected chi connectivity index (χ4v) is 1.47. The van der Waals surface area contributed by atoms with Crippen molar-refractivity contribution in [2.45, 2.75) is 33.1 Å². The van der Waals surface area contributed by atoms with E-state index in [0.717, 1.165) is 24.5 Å². The summed E-state index contributed by atoms with van der Waals surface area (Å²) >= 11 is 0. The van der Waals surface area contributed by atoms with Crippen LogP contribution in [0.2, 0.25) is 0 Å². The van der Waals surface area contributed by atoms with Gasteiger partial charge in [-0.1, -0.05) is 13.0 Å². The number of rotatable bonds is 8. The fourth-order valence-electron chi connectivity index (χ4n) is 1.47. The number of hydrogen-bond acceptors (Lipinski definition) is 4. The Morgan fingerprint density at radius 2 is 2.12 bits per heavy atom. The Labute approximate surface area is 103 Å². The molecule has 1 aromatic heterocycles. The number of ether oxygens (including phenoxy) is 2. The maximum Gasteiger partial charge on any atom is 0.0892 e. The minimum Gasteiger partial charge on any atom is -0.382 e. The molecule has 0 fully saturated rings. The topological polar surface area (TPSA) is 43.4 Å². The second-order valence-corrected chi connectivity index (χ2v) is 3.98. The van der Waals surface area contributed by atoms with Crippen LogP contribution in [-0.4, -0.2) is 31.3 Å². The van der Waals surface area contributed by atoms with Crippen molar-refractivity contribution in [1.82, 2.24) is 10.3 Å². The van der Waals surface area contributed by atoms with Gasteiger partial charge in [0.15, 0.2) is 0 Å². The Hall–Kier alpha value is -0.970. The molecule has 1 unspecified atom stereocenters. The van der Waals surface area contributed by atoms with E-state index in [4.69, 9.17) is 9.47 Å². The van der Waals surface area contributed by atoms with Crippen LogP contribution in [0, 0.1) is 0 Å². The van der Waals surface area contributed by atoms with E-state index < -0.39 is 0 Å². The first kappa shape index (κ1) is 14.1. The highest BCUT2D eigenvalue weighted by molar-refractivity contribution is 5.10. The van der Waals surface area contributed by atoms with Gasteiger partial charge in [0, 0.05) is 13.7 Å². The second kappa shape index (κ2) is 8.17. The first-order valence-corrected chi connectivity index (χ1v) is 6.02. The van der Waals surface area contributed by atoms with Crippen LogP contribution in [-0.2, 0) is 22.6 Å². The molecule has 0 saturated heterocycles. The maximum absolute atomic E-state index is 5.62. The molecular formula is C13H22N2O2. The molecule has 1 rings (SSSR count). The van der Waals surface area contributed by atoms with Crippen LogP contribution in [0.1, 0.15) is 25.2 Å². The molecule has 96 valence electrons. The van der Waals surface area contributed by atoms with Gasteiger partial charge in [0.1, 0.15) is 0 Å². The van der Waals surface area contributed by atoms with Crippen molar-refractivity contribution in [1.29, 1.82) is 0 Å². The highest BCUT2D eigenvalue weighted by Gasteiger charge is 2.03. The average Bonchev–Trinajstić information content (AvgIpc) is 2.35. The lowest BCUT2D eigenvalue weighted by Crippen LogP contribution is -2.16. The Morgan fingerprint density at radius 3 is 2.82 bits per heavy atom. The smallest absolute Gasteiger partial charge is 0.0892 e. The molecule has 0 aliphatic carbocycles. The molecule has 4 nitrogen and oxygen atoms in total. The predicted molar refractivity (Wildman–Crippen MR) is 67.7 cm³/mol. The standard InChI is InChI=1S/C13H22N2O2/c1-4-14-8-12-6-5-7-13(15-12)10-17-11(2)9-16-3/h5-7,11,14H,4,8-10H2,1-3H3. The Bertz CT molecular complexity index is 318. The largest absolute Gasteiger partial charge is 0.382 e. The SMILES string of the molecule is CCNCc1cccc(COC(C)COC)n1. The zero-order valence-corrected chi connectivity index (χ0v) is 10.9. The molecule has 0 aromatic carbocycles. The first-order chi connectivity index (χ1) is 8.26. The van der Waals surface area contributed by atoms with E-state index in [1.54, 1.807) is 7.11 Å². The van der Waals surface area contributed by atoms with Crippen molar-refractivity contribution < 1.29 is 9.47 Å². The van der Waals surface area contributed by atoms with Crippen molar-refractivity contribution in [2.75, 3.05) is 20.3 Å². The molecule has 0 amide bonds. The summed E-state index contributed by atoms with van der Waals surface area (Å²) in [5, 5.41) is 3.25. The zero-order valence-electron chi connectivity index (χ0n) is 10.9. The van der Waals surface area contributed by atoms with Crippen LogP contribution in [0.25, 0.3) is 0 Å². The second-order valence-electron chi connectivity index (χ2n) is 3.98. The van der Waals surface area contributed by atoms with Crippen molar-refractivity contribution in [2.24, 2.45) is 0 Å². The van der Waals surface area contributed by atoms with E-state index in [1.165, 1.54) is 0 Å². The fraction of sp³-hybridized carbons (Fsp3) is 0.615. The molecule has 4 heteroatoms. The van der Waals surface area contributed by atoms with Crippen molar-refractivity contribution in [3.8, 4) is 0 Å². The van der Waals surface area contributed by atoms with Crippen LogP contribution in [0.4, 0.5) is 0 Å². The molecule has 0 aliphatic rings. The summed E-state index contributed by atoms with van der Waals surface area (Å²) in [4.78, 5) is 4.51. The van der Waals surface area contributed by atoms with Crippen LogP contribution >= 0.6 is 0 Å². The number of hydrogen-bond donors (Lipinski definition) is 1. The zero-order chi connectivity index (χ0) is 12.5. The molecule has 0 saturated carbocycles. The van der Waals surface area contributed by atoms with Gasteiger partial charge in [-0.05, 0) is 25.6 Å². The monoisotopic (exact) mass is 238 g/mol. The minimum absolute atomic E-state index is 0.0965. The Morgan fingerprint density at radius 1 is 1.35 bits per heavy atom. The third kappa shape index (κ3) is 5.77. The van der Waals surface area contributed by atoms with E-state index >= 15 is 0 Å². The van der Waals surface area contributed by atoms with E-state index in [2.05, 4.69) is 17.2 Å².